The summed E-state index contributed by atoms with van der Waals surface area (Å²) >= 11 is 0. The molecule has 0 aliphatic carbocycles. The number of hydroxylamine groups is 2. The third-order valence-electron chi connectivity index (χ3n) is 7.42. The molecule has 1 saturated heterocycles. The van der Waals surface area contributed by atoms with Crippen molar-refractivity contribution in [3.05, 3.63) is 83.0 Å². The summed E-state index contributed by atoms with van der Waals surface area (Å²) in [4.78, 5) is 46.1. The summed E-state index contributed by atoms with van der Waals surface area (Å²) in [6.45, 7) is -0.455. The number of benzene rings is 2. The molecule has 0 amide bonds. The first-order valence-corrected chi connectivity index (χ1v) is 13.7. The number of aliphatic carboxylic acids is 1. The zero-order valence-electron chi connectivity index (χ0n) is 23.1. The molecule has 2 aromatic carbocycles. The van der Waals surface area contributed by atoms with E-state index in [2.05, 4.69) is 4.99 Å². The molecule has 7 atom stereocenters. The highest BCUT2D eigenvalue weighted by atomic mass is 16.8. The summed E-state index contributed by atoms with van der Waals surface area (Å²) in [5.41, 5.74) is 2.20. The molecule has 6 rings (SSSR count). The molecule has 5 N–H and O–H groups in total. The number of ether oxygens (including phenoxy) is 3. The summed E-state index contributed by atoms with van der Waals surface area (Å²) in [6, 6.07) is 10.4. The van der Waals surface area contributed by atoms with Gasteiger partial charge in [-0.25, -0.2) is 4.79 Å². The van der Waals surface area contributed by atoms with Crippen molar-refractivity contribution < 1.29 is 63.7 Å². The van der Waals surface area contributed by atoms with E-state index in [0.717, 1.165) is 11.3 Å². The highest BCUT2D eigenvalue weighted by Gasteiger charge is 2.50. The van der Waals surface area contributed by atoms with Gasteiger partial charge in [-0.2, -0.15) is 9.90 Å². The summed E-state index contributed by atoms with van der Waals surface area (Å²) in [5.74, 6) is -3.47. The third-order valence-corrected chi connectivity index (χ3v) is 7.42. The average Bonchev–Trinajstić information content (AvgIpc) is 3.62. The minimum absolute atomic E-state index is 0.0440. The Morgan fingerprint density at radius 1 is 1.13 bits per heavy atom. The number of phenols is 1. The van der Waals surface area contributed by atoms with Gasteiger partial charge in [0.05, 0.1) is 22.5 Å². The molecule has 1 fully saturated rings. The molecule has 0 saturated carbocycles. The number of nitrogens with zero attached hydrogens (tertiary/aromatic N) is 1. The van der Waals surface area contributed by atoms with E-state index < -0.39 is 55.4 Å². The molecule has 7 unspecified atom stereocenters. The SMILES string of the molecule is O=C([O-])C(O)C(=O)OCC1OC(Oc2ccc3c(=O)c(-c4ccc(O)cc4)coc3c2)C(O[NH+]2C=C3C=CN=C3C2)C(O)C1O. The predicted molar refractivity (Wildman–Crippen MR) is 148 cm³/mol. The van der Waals surface area contributed by atoms with E-state index >= 15 is 0 Å². The van der Waals surface area contributed by atoms with Gasteiger partial charge in [0.15, 0.2) is 18.1 Å². The number of fused-ring (bicyclic) bond motifs is 2. The first-order chi connectivity index (χ1) is 21.6. The van der Waals surface area contributed by atoms with Crippen LogP contribution in [0.2, 0.25) is 0 Å². The van der Waals surface area contributed by atoms with Crippen molar-refractivity contribution in [3.63, 3.8) is 0 Å². The van der Waals surface area contributed by atoms with Gasteiger partial charge in [0, 0.05) is 12.3 Å². The summed E-state index contributed by atoms with van der Waals surface area (Å²) < 4.78 is 22.3. The van der Waals surface area contributed by atoms with E-state index in [0.29, 0.717) is 17.2 Å². The zero-order valence-corrected chi connectivity index (χ0v) is 23.1. The van der Waals surface area contributed by atoms with Crippen LogP contribution < -0.4 is 20.3 Å². The number of quaternary nitrogens is 1. The first-order valence-electron chi connectivity index (χ1n) is 13.7. The summed E-state index contributed by atoms with van der Waals surface area (Å²) in [7, 11) is 0. The fourth-order valence-electron chi connectivity index (χ4n) is 5.06. The Labute approximate surface area is 253 Å². The van der Waals surface area contributed by atoms with Crippen molar-refractivity contribution in [2.75, 3.05) is 13.2 Å². The minimum atomic E-state index is -2.57. The van der Waals surface area contributed by atoms with Gasteiger partial charge in [-0.15, -0.1) is 0 Å². The molecule has 3 aliphatic rings. The number of hydrogen-bond donors (Lipinski definition) is 5. The van der Waals surface area contributed by atoms with Gasteiger partial charge >= 0.3 is 5.97 Å². The Morgan fingerprint density at radius 3 is 2.64 bits per heavy atom. The number of aliphatic imine (C=N–C) groups is 1. The molecule has 15 nitrogen and oxygen atoms in total. The minimum Gasteiger partial charge on any atom is -0.547 e. The summed E-state index contributed by atoms with van der Waals surface area (Å²) in [6.07, 6.45) is -3.71. The van der Waals surface area contributed by atoms with E-state index in [1.807, 2.05) is 0 Å². The number of esters is 1. The molecular formula is C30H26N2O13. The van der Waals surface area contributed by atoms with Crippen LogP contribution in [-0.2, 0) is 23.9 Å². The van der Waals surface area contributed by atoms with Crippen molar-refractivity contribution in [1.82, 2.24) is 0 Å². The van der Waals surface area contributed by atoms with Crippen molar-refractivity contribution in [2.45, 2.75) is 36.8 Å². The van der Waals surface area contributed by atoms with Crippen LogP contribution in [0.5, 0.6) is 11.5 Å². The molecular weight excluding hydrogens is 596 g/mol. The molecule has 4 heterocycles. The van der Waals surface area contributed by atoms with Crippen LogP contribution in [0.4, 0.5) is 0 Å². The summed E-state index contributed by atoms with van der Waals surface area (Å²) in [5, 5.41) is 52.2. The first kappa shape index (κ1) is 30.1. The van der Waals surface area contributed by atoms with Gasteiger partial charge in [-0.1, -0.05) is 12.1 Å². The zero-order chi connectivity index (χ0) is 31.8. The van der Waals surface area contributed by atoms with Crippen LogP contribution in [-0.4, -0.2) is 88.0 Å². The number of aromatic hydroxyl groups is 1. The second-order valence-corrected chi connectivity index (χ2v) is 10.4. The fraction of sp³-hybridized carbons (Fsp3) is 0.267. The largest absolute Gasteiger partial charge is 0.547 e. The van der Waals surface area contributed by atoms with Gasteiger partial charge in [0.25, 0.3) is 0 Å². The highest BCUT2D eigenvalue weighted by molar-refractivity contribution is 6.06. The van der Waals surface area contributed by atoms with Crippen LogP contribution in [0.3, 0.4) is 0 Å². The highest BCUT2D eigenvalue weighted by Crippen LogP contribution is 2.29. The molecule has 15 heteroatoms. The number of nitrogens with one attached hydrogen (secondary N) is 1. The topological polar surface area (TPSA) is 222 Å². The monoisotopic (exact) mass is 622 g/mol. The number of carbonyl (C=O) groups is 2. The lowest BCUT2D eigenvalue weighted by atomic mass is 9.99. The lowest BCUT2D eigenvalue weighted by molar-refractivity contribution is -1.05. The third kappa shape index (κ3) is 6.08. The lowest BCUT2D eigenvalue weighted by Crippen LogP contribution is -3.07. The number of rotatable bonds is 9. The van der Waals surface area contributed by atoms with Gasteiger partial charge in [0.1, 0.15) is 60.2 Å². The Balaban J connectivity index is 1.25. The molecule has 234 valence electrons. The number of hydrogen-bond acceptors (Lipinski definition) is 14. The number of carboxylic acids is 1. The van der Waals surface area contributed by atoms with Crippen LogP contribution >= 0.6 is 0 Å². The molecule has 3 aromatic rings. The molecule has 0 bridgehead atoms. The average molecular weight is 623 g/mol. The van der Waals surface area contributed by atoms with Crippen molar-refractivity contribution >= 4 is 28.6 Å². The van der Waals surface area contributed by atoms with E-state index in [9.17, 15) is 39.9 Å². The predicted octanol–water partition coefficient (Wildman–Crippen LogP) is -2.30. The van der Waals surface area contributed by atoms with Crippen LogP contribution in [0.1, 0.15) is 0 Å². The van der Waals surface area contributed by atoms with E-state index in [4.69, 9.17) is 23.5 Å². The van der Waals surface area contributed by atoms with Crippen LogP contribution in [0.15, 0.2) is 87.0 Å². The lowest BCUT2D eigenvalue weighted by Gasteiger charge is -2.41. The van der Waals surface area contributed by atoms with Crippen molar-refractivity contribution in [3.8, 4) is 22.6 Å². The molecule has 1 aromatic heterocycles. The maximum Gasteiger partial charge on any atom is 0.341 e. The molecule has 0 spiro atoms. The van der Waals surface area contributed by atoms with E-state index in [1.54, 1.807) is 30.6 Å². The number of allylic oxidation sites excluding steroid dienone is 1. The number of aliphatic hydroxyl groups excluding tert-OH is 3. The number of aliphatic hydroxyl groups is 3. The number of carbonyl (C=O) groups excluding carboxylic acids is 2. The van der Waals surface area contributed by atoms with Gasteiger partial charge in [-0.05, 0) is 35.9 Å². The Morgan fingerprint density at radius 2 is 1.91 bits per heavy atom. The maximum atomic E-state index is 13.2. The molecule has 3 aliphatic heterocycles. The smallest absolute Gasteiger partial charge is 0.341 e. The molecule has 0 radical (unpaired) electrons. The van der Waals surface area contributed by atoms with Crippen LogP contribution in [0.25, 0.3) is 22.1 Å². The van der Waals surface area contributed by atoms with Gasteiger partial charge in [0.2, 0.25) is 12.4 Å². The fourth-order valence-corrected chi connectivity index (χ4v) is 5.06. The second kappa shape index (κ2) is 12.2. The number of carboxylic acid groups (broad SMARTS) is 1. The van der Waals surface area contributed by atoms with Crippen molar-refractivity contribution in [1.29, 1.82) is 0 Å². The Kier molecular flexibility index (Phi) is 8.20. The quantitative estimate of drug-likeness (QED) is 0.125. The number of phenolic OH excluding ortho intramolecular Hbond substituents is 1. The van der Waals surface area contributed by atoms with Crippen LogP contribution in [0, 0.1) is 0 Å². The maximum absolute atomic E-state index is 13.2. The van der Waals surface area contributed by atoms with Gasteiger partial charge < -0.3 is 49.0 Å². The second-order valence-electron chi connectivity index (χ2n) is 10.4. The van der Waals surface area contributed by atoms with E-state index in [-0.39, 0.29) is 33.5 Å². The standard InChI is InChI=1S/C30H26N2O13/c33-16-3-1-14(2-4-16)19-12-41-21-9-17(5-6-18(21)23(19)34)43-30-27(45-32-10-15-7-8-31-20(15)11-32)25(36)24(35)22(44-30)13-42-29(40)26(37)28(38)39/h1-10,12,22,24-27,30,33,35-37H,11,13H2,(H,38,39). The normalized spacial score (nSPS) is 26.2. The Bertz CT molecular complexity index is 1780. The molecule has 45 heavy (non-hydrogen) atoms. The van der Waals surface area contributed by atoms with Gasteiger partial charge in [-0.3, -0.25) is 9.79 Å². The van der Waals surface area contributed by atoms with E-state index in [1.165, 1.54) is 36.6 Å². The van der Waals surface area contributed by atoms with Crippen molar-refractivity contribution in [2.24, 2.45) is 4.99 Å². The Hall–Kier alpha value is -4.90.